The monoisotopic (exact) mass is 892 g/mol. The highest BCUT2D eigenvalue weighted by atomic mass is 32.2. The molecule has 5 heterocycles. The standard InChI is InChI=1S/C48H57FN8O6S/c1-31(2)38-7-4-5-8-39(38)41-9-6-20-56(41)35-26-48(27-35)17-21-55(22-18-48)34-10-11-40(43(24-34)63-36-23-33-14-19-50-44(33)52-29-36)46(58)54-64(61,62)37-25-42(57(59)60)45(53-30-37)51-28-32-12-15-47(3,49)16-13-32/h4-5,7-8,10-11,14,19,23-25,29-32,35,41H,6,9,12-13,15-18,20-22,26-28H2,1-3H3,(H,50,52)(H,51,53)(H,54,58)/t32?,41-,47?/m0/s1. The van der Waals surface area contributed by atoms with Gasteiger partial charge in [-0.3, -0.25) is 19.8 Å². The Balaban J connectivity index is 0.895. The number of anilines is 2. The number of carbonyl (C=O) groups excluding carboxylic acids is 1. The van der Waals surface area contributed by atoms with Gasteiger partial charge in [-0.2, -0.15) is 0 Å². The summed E-state index contributed by atoms with van der Waals surface area (Å²) in [7, 11) is -4.64. The fraction of sp³-hybridized carbons (Fsp3) is 0.479. The average Bonchev–Trinajstić information content (AvgIpc) is 3.95. The Bertz CT molecular complexity index is 2650. The topological polar surface area (TPSA) is 176 Å². The average molecular weight is 893 g/mol. The molecule has 2 aliphatic heterocycles. The van der Waals surface area contributed by atoms with Crippen LogP contribution in [0, 0.1) is 21.4 Å². The maximum atomic E-state index is 14.3. The third kappa shape index (κ3) is 9.03. The molecule has 2 aliphatic carbocycles. The Labute approximate surface area is 373 Å². The number of nitrogens with zero attached hydrogens (tertiary/aromatic N) is 5. The maximum Gasteiger partial charge on any atom is 0.312 e. The molecule has 1 atom stereocenters. The van der Waals surface area contributed by atoms with Gasteiger partial charge in [0, 0.05) is 61.1 Å². The summed E-state index contributed by atoms with van der Waals surface area (Å²) in [6.07, 6.45) is 13.2. The number of carbonyl (C=O) groups is 1. The van der Waals surface area contributed by atoms with E-state index in [-0.39, 0.29) is 23.0 Å². The van der Waals surface area contributed by atoms with Crippen LogP contribution in [0.3, 0.4) is 0 Å². The van der Waals surface area contributed by atoms with Crippen molar-refractivity contribution in [3.05, 3.63) is 106 Å². The van der Waals surface area contributed by atoms with Gasteiger partial charge in [0.2, 0.25) is 5.82 Å². The van der Waals surface area contributed by atoms with Gasteiger partial charge in [-0.25, -0.2) is 27.5 Å². The minimum atomic E-state index is -4.64. The first-order valence-corrected chi connectivity index (χ1v) is 24.1. The lowest BCUT2D eigenvalue weighted by Gasteiger charge is -2.56. The number of rotatable bonds is 13. The number of nitro groups is 1. The fourth-order valence-electron chi connectivity index (χ4n) is 10.6. The molecule has 338 valence electrons. The second kappa shape index (κ2) is 17.4. The number of piperidine rings is 1. The Morgan fingerprint density at radius 2 is 1.77 bits per heavy atom. The summed E-state index contributed by atoms with van der Waals surface area (Å²) in [5.74, 6) is -0.0211. The predicted molar refractivity (Wildman–Crippen MR) is 244 cm³/mol. The molecule has 0 bridgehead atoms. The molecule has 2 saturated carbocycles. The molecule has 0 radical (unpaired) electrons. The number of sulfonamides is 1. The van der Waals surface area contributed by atoms with Gasteiger partial charge in [0.1, 0.15) is 27.7 Å². The lowest BCUT2D eigenvalue weighted by atomic mass is 9.59. The number of amides is 1. The van der Waals surface area contributed by atoms with Crippen molar-refractivity contribution in [1.82, 2.24) is 24.6 Å². The number of pyridine rings is 2. The summed E-state index contributed by atoms with van der Waals surface area (Å²) in [4.78, 5) is 41.4. The molecule has 9 rings (SSSR count). The fourth-order valence-corrected chi connectivity index (χ4v) is 11.6. The largest absolute Gasteiger partial charge is 0.455 e. The van der Waals surface area contributed by atoms with E-state index in [9.17, 15) is 27.7 Å². The van der Waals surface area contributed by atoms with Gasteiger partial charge in [0.05, 0.1) is 22.9 Å². The minimum absolute atomic E-state index is 0.0476. The van der Waals surface area contributed by atoms with Crippen LogP contribution in [0.25, 0.3) is 11.0 Å². The van der Waals surface area contributed by atoms with Crippen molar-refractivity contribution in [2.24, 2.45) is 11.3 Å². The zero-order chi connectivity index (χ0) is 44.8. The van der Waals surface area contributed by atoms with Gasteiger partial charge in [-0.05, 0) is 130 Å². The number of H-pyrrole nitrogens is 1. The SMILES string of the molecule is CC(C)c1ccccc1[C@@H]1CCCN1C1CC2(CCN(c3ccc(C(=O)NS(=O)(=O)c4cnc(NCC5CCC(C)(F)CC5)c([N+](=O)[O-])c4)c(Oc4cnc5[nH]ccc5c4)c3)CC2)C1. The number of nitrogens with one attached hydrogen (secondary N) is 3. The summed E-state index contributed by atoms with van der Waals surface area (Å²) in [5.41, 5.74) is 2.92. The van der Waals surface area contributed by atoms with Crippen molar-refractivity contribution in [2.75, 3.05) is 36.4 Å². The van der Waals surface area contributed by atoms with Crippen molar-refractivity contribution in [2.45, 2.75) is 114 Å². The smallest absolute Gasteiger partial charge is 0.312 e. The molecule has 4 aliphatic rings. The number of aromatic nitrogens is 3. The molecular formula is C48H57FN8O6S. The molecule has 3 aromatic heterocycles. The van der Waals surface area contributed by atoms with E-state index in [1.165, 1.54) is 43.0 Å². The van der Waals surface area contributed by atoms with Gasteiger partial charge >= 0.3 is 5.69 Å². The number of ether oxygens (including phenoxy) is 1. The van der Waals surface area contributed by atoms with Crippen LogP contribution < -0.4 is 19.7 Å². The Morgan fingerprint density at radius 1 is 1.00 bits per heavy atom. The third-order valence-corrected chi connectivity index (χ3v) is 15.7. The Morgan fingerprint density at radius 3 is 2.52 bits per heavy atom. The zero-order valence-corrected chi connectivity index (χ0v) is 37.5. The molecule has 16 heteroatoms. The predicted octanol–water partition coefficient (Wildman–Crippen LogP) is 9.82. The number of fused-ring (bicyclic) bond motifs is 1. The molecule has 1 spiro atoms. The molecule has 14 nitrogen and oxygen atoms in total. The summed E-state index contributed by atoms with van der Waals surface area (Å²) in [6.45, 7) is 9.27. The number of halogens is 1. The maximum absolute atomic E-state index is 14.3. The van der Waals surface area contributed by atoms with E-state index in [1.807, 2.05) is 6.07 Å². The summed E-state index contributed by atoms with van der Waals surface area (Å²) in [6, 6.07) is 19.6. The number of alkyl halides is 1. The molecule has 1 amide bonds. The number of aromatic amines is 1. The highest BCUT2D eigenvalue weighted by Gasteiger charge is 2.50. The molecule has 64 heavy (non-hydrogen) atoms. The van der Waals surface area contributed by atoms with Gasteiger partial charge in [0.25, 0.3) is 15.9 Å². The van der Waals surface area contributed by atoms with Crippen LogP contribution in [-0.4, -0.2) is 77.0 Å². The van der Waals surface area contributed by atoms with Gasteiger partial charge in [-0.1, -0.05) is 38.1 Å². The minimum Gasteiger partial charge on any atom is -0.455 e. The summed E-state index contributed by atoms with van der Waals surface area (Å²) >= 11 is 0. The lowest BCUT2D eigenvalue weighted by molar-refractivity contribution is -0.384. The van der Waals surface area contributed by atoms with Crippen molar-refractivity contribution in [3.63, 3.8) is 0 Å². The summed E-state index contributed by atoms with van der Waals surface area (Å²) in [5, 5.41) is 15.9. The van der Waals surface area contributed by atoms with Gasteiger partial charge in [-0.15, -0.1) is 0 Å². The van der Waals surface area contributed by atoms with Crippen molar-refractivity contribution in [1.29, 1.82) is 0 Å². The second-order valence-corrected chi connectivity index (χ2v) is 20.7. The second-order valence-electron chi connectivity index (χ2n) is 19.1. The van der Waals surface area contributed by atoms with Crippen LogP contribution in [-0.2, 0) is 10.0 Å². The number of hydrogen-bond donors (Lipinski definition) is 3. The molecule has 0 unspecified atom stereocenters. The van der Waals surface area contributed by atoms with E-state index in [0.29, 0.717) is 67.0 Å². The molecule has 3 N–H and O–H groups in total. The van der Waals surface area contributed by atoms with Crippen molar-refractivity contribution in [3.8, 4) is 11.5 Å². The Kier molecular flexibility index (Phi) is 11.9. The number of hydrogen-bond acceptors (Lipinski definition) is 11. The first-order valence-electron chi connectivity index (χ1n) is 22.6. The third-order valence-electron chi connectivity index (χ3n) is 14.4. The van der Waals surface area contributed by atoms with Crippen molar-refractivity contribution < 1.29 is 27.3 Å². The number of likely N-dealkylation sites (tertiary alicyclic amines) is 1. The molecule has 4 fully saturated rings. The lowest BCUT2D eigenvalue weighted by Crippen LogP contribution is -2.54. The zero-order valence-electron chi connectivity index (χ0n) is 36.7. The van der Waals surface area contributed by atoms with Crippen molar-refractivity contribution >= 4 is 44.2 Å². The summed E-state index contributed by atoms with van der Waals surface area (Å²) < 4.78 is 50.1. The molecule has 2 aromatic carbocycles. The van der Waals surface area contributed by atoms with E-state index < -0.39 is 37.1 Å². The molecular weight excluding hydrogens is 836 g/mol. The van der Waals surface area contributed by atoms with Crippen LogP contribution in [0.4, 0.5) is 21.6 Å². The Hall–Kier alpha value is -5.61. The van der Waals surface area contributed by atoms with E-state index in [1.54, 1.807) is 37.4 Å². The van der Waals surface area contributed by atoms with Crippen LogP contribution in [0.15, 0.2) is 84.1 Å². The first-order chi connectivity index (χ1) is 30.7. The highest BCUT2D eigenvalue weighted by molar-refractivity contribution is 7.90. The quantitative estimate of drug-likeness (QED) is 0.0758. The molecule has 2 saturated heterocycles. The van der Waals surface area contributed by atoms with Crippen LogP contribution in [0.5, 0.6) is 11.5 Å². The van der Waals surface area contributed by atoms with Gasteiger partial charge in [0.15, 0.2) is 0 Å². The van der Waals surface area contributed by atoms with E-state index >= 15 is 0 Å². The van der Waals surface area contributed by atoms with Gasteiger partial charge < -0.3 is 19.9 Å². The number of benzene rings is 2. The van der Waals surface area contributed by atoms with E-state index in [0.717, 1.165) is 55.8 Å². The van der Waals surface area contributed by atoms with Crippen LogP contribution in [0.2, 0.25) is 0 Å². The molecule has 5 aromatic rings. The highest BCUT2D eigenvalue weighted by Crippen LogP contribution is 2.54. The first kappa shape index (κ1) is 43.6. The normalized spacial score (nSPS) is 22.7. The van der Waals surface area contributed by atoms with Crippen LogP contribution in [0.1, 0.15) is 118 Å². The van der Waals surface area contributed by atoms with Crippen LogP contribution >= 0.6 is 0 Å². The van der Waals surface area contributed by atoms with E-state index in [4.69, 9.17) is 4.74 Å². The van der Waals surface area contributed by atoms with E-state index in [2.05, 4.69) is 72.9 Å².